The Morgan fingerprint density at radius 1 is 1.20 bits per heavy atom. The van der Waals surface area contributed by atoms with Crippen LogP contribution in [0.4, 0.5) is 5.69 Å². The predicted octanol–water partition coefficient (Wildman–Crippen LogP) is 6.14. The summed E-state index contributed by atoms with van der Waals surface area (Å²) in [6.45, 7) is 10.9. The Morgan fingerprint density at radius 3 is 2.51 bits per heavy atom. The molecule has 0 spiro atoms. The van der Waals surface area contributed by atoms with Gasteiger partial charge < -0.3 is 10.4 Å². The summed E-state index contributed by atoms with van der Waals surface area (Å²) in [5, 5.41) is 21.5. The minimum absolute atomic E-state index is 0.00948. The maximum absolute atomic E-state index is 13.0. The number of aromatic nitrogens is 3. The van der Waals surface area contributed by atoms with Crippen LogP contribution in [0.2, 0.25) is 0 Å². The average molecular weight is 481 g/mol. The zero-order valence-corrected chi connectivity index (χ0v) is 21.8. The highest BCUT2D eigenvalue weighted by molar-refractivity contribution is 5.92. The highest BCUT2D eigenvalue weighted by Crippen LogP contribution is 2.49. The van der Waals surface area contributed by atoms with Crippen molar-refractivity contribution in [1.82, 2.24) is 15.0 Å². The van der Waals surface area contributed by atoms with E-state index in [-0.39, 0.29) is 24.7 Å². The lowest BCUT2D eigenvalue weighted by molar-refractivity contribution is -0.137. The number of nitrogens with zero attached hydrogens (tertiary/aromatic N) is 3. The molecular weight excluding hydrogens is 440 g/mol. The Labute approximate surface area is 208 Å². The van der Waals surface area contributed by atoms with Gasteiger partial charge in [-0.05, 0) is 75.3 Å². The number of hydrogen-bond acceptors (Lipinski definition) is 4. The molecule has 0 bridgehead atoms. The van der Waals surface area contributed by atoms with E-state index in [0.29, 0.717) is 29.7 Å². The van der Waals surface area contributed by atoms with Gasteiger partial charge in [0.1, 0.15) is 0 Å². The number of carboxylic acid groups (broad SMARTS) is 1. The molecule has 1 atom stereocenters. The summed E-state index contributed by atoms with van der Waals surface area (Å²) in [4.78, 5) is 24.4. The van der Waals surface area contributed by atoms with E-state index in [0.717, 1.165) is 53.9 Å². The van der Waals surface area contributed by atoms with Crippen molar-refractivity contribution >= 4 is 17.6 Å². The van der Waals surface area contributed by atoms with Gasteiger partial charge in [-0.25, -0.2) is 4.68 Å². The number of hydrogen-bond donors (Lipinski definition) is 2. The van der Waals surface area contributed by atoms with E-state index in [9.17, 15) is 14.7 Å². The fourth-order valence-corrected chi connectivity index (χ4v) is 5.57. The van der Waals surface area contributed by atoms with E-state index in [2.05, 4.69) is 41.1 Å². The van der Waals surface area contributed by atoms with Crippen molar-refractivity contribution in [1.29, 1.82) is 0 Å². The third-order valence-corrected chi connectivity index (χ3v) is 7.36. The first-order valence-electron chi connectivity index (χ1n) is 13.0. The average Bonchev–Trinajstić information content (AvgIpc) is 3.47. The number of amides is 1. The topological polar surface area (TPSA) is 97.1 Å². The third kappa shape index (κ3) is 6.50. The number of aliphatic carboxylic acids is 1. The summed E-state index contributed by atoms with van der Waals surface area (Å²) < 4.78 is 2.13. The van der Waals surface area contributed by atoms with E-state index in [1.54, 1.807) is 0 Å². The molecule has 0 radical (unpaired) electrons. The van der Waals surface area contributed by atoms with Crippen molar-refractivity contribution in [2.45, 2.75) is 104 Å². The number of carbonyl (C=O) groups excluding carboxylic acids is 1. The number of carbonyl (C=O) groups is 2. The summed E-state index contributed by atoms with van der Waals surface area (Å²) in [6.07, 6.45) is 6.26. The largest absolute Gasteiger partial charge is 0.481 e. The zero-order chi connectivity index (χ0) is 25.3. The molecule has 0 aliphatic heterocycles. The maximum Gasteiger partial charge on any atom is 0.303 e. The van der Waals surface area contributed by atoms with Gasteiger partial charge >= 0.3 is 5.97 Å². The van der Waals surface area contributed by atoms with E-state index in [1.165, 1.54) is 6.42 Å². The fourth-order valence-electron chi connectivity index (χ4n) is 5.57. The van der Waals surface area contributed by atoms with Crippen molar-refractivity contribution < 1.29 is 14.7 Å². The molecule has 190 valence electrons. The highest BCUT2D eigenvalue weighted by Gasteiger charge is 2.40. The molecule has 1 aromatic heterocycles. The smallest absolute Gasteiger partial charge is 0.303 e. The van der Waals surface area contributed by atoms with Gasteiger partial charge in [-0.3, -0.25) is 9.59 Å². The van der Waals surface area contributed by atoms with Crippen LogP contribution in [0, 0.1) is 25.2 Å². The Bertz CT molecular complexity index is 1070. The summed E-state index contributed by atoms with van der Waals surface area (Å²) in [5.74, 6) is -0.0826. The fraction of sp³-hybridized carbons (Fsp3) is 0.643. The first-order valence-corrected chi connectivity index (χ1v) is 13.0. The van der Waals surface area contributed by atoms with Crippen molar-refractivity contribution in [3.05, 3.63) is 40.7 Å². The van der Waals surface area contributed by atoms with Crippen LogP contribution in [0.3, 0.4) is 0 Å². The lowest BCUT2D eigenvalue weighted by Gasteiger charge is -2.39. The minimum Gasteiger partial charge on any atom is -0.481 e. The molecule has 2 aliphatic rings. The van der Waals surface area contributed by atoms with E-state index < -0.39 is 5.97 Å². The predicted molar refractivity (Wildman–Crippen MR) is 137 cm³/mol. The molecule has 7 heteroatoms. The molecule has 2 saturated carbocycles. The second kappa shape index (κ2) is 10.1. The monoisotopic (exact) mass is 480 g/mol. The molecule has 0 saturated heterocycles. The van der Waals surface area contributed by atoms with Gasteiger partial charge in [-0.15, -0.1) is 5.10 Å². The lowest BCUT2D eigenvalue weighted by Crippen LogP contribution is -2.31. The summed E-state index contributed by atoms with van der Waals surface area (Å²) in [6, 6.07) is 6.31. The Balaban J connectivity index is 1.51. The summed E-state index contributed by atoms with van der Waals surface area (Å²) >= 11 is 0. The number of anilines is 1. The third-order valence-electron chi connectivity index (χ3n) is 7.36. The first-order chi connectivity index (χ1) is 16.5. The molecule has 4 rings (SSSR count). The maximum atomic E-state index is 13.0. The second-order valence-corrected chi connectivity index (χ2v) is 12.0. The SMILES string of the molecule is Cc1ccc(NC(=O)CC(CCC(=O)O)c2nnn(C3CC(CC(C)(C)C)C3)c2C2CC2)c(C)c1. The molecule has 35 heavy (non-hydrogen) atoms. The van der Waals surface area contributed by atoms with E-state index >= 15 is 0 Å². The van der Waals surface area contributed by atoms with E-state index in [4.69, 9.17) is 0 Å². The van der Waals surface area contributed by atoms with Crippen LogP contribution in [-0.4, -0.2) is 32.0 Å². The quantitative estimate of drug-likeness (QED) is 0.426. The van der Waals surface area contributed by atoms with Crippen LogP contribution in [0.25, 0.3) is 0 Å². The number of benzene rings is 1. The van der Waals surface area contributed by atoms with E-state index in [1.807, 2.05) is 32.0 Å². The number of rotatable bonds is 10. The van der Waals surface area contributed by atoms with Crippen LogP contribution in [-0.2, 0) is 9.59 Å². The Hall–Kier alpha value is -2.70. The molecule has 7 nitrogen and oxygen atoms in total. The molecule has 2 aromatic rings. The normalized spacial score (nSPS) is 20.8. The molecule has 2 aliphatic carbocycles. The summed E-state index contributed by atoms with van der Waals surface area (Å²) in [7, 11) is 0. The molecular formula is C28H40N4O3. The number of aryl methyl sites for hydroxylation is 2. The minimum atomic E-state index is -0.853. The van der Waals surface area contributed by atoms with Crippen LogP contribution in [0.15, 0.2) is 18.2 Å². The molecule has 1 heterocycles. The second-order valence-electron chi connectivity index (χ2n) is 12.0. The van der Waals surface area contributed by atoms with Crippen LogP contribution in [0.1, 0.15) is 113 Å². The van der Waals surface area contributed by atoms with Gasteiger partial charge in [0.2, 0.25) is 5.91 Å². The van der Waals surface area contributed by atoms with Gasteiger partial charge in [0.05, 0.1) is 17.4 Å². The highest BCUT2D eigenvalue weighted by atomic mass is 16.4. The summed E-state index contributed by atoms with van der Waals surface area (Å²) in [5.41, 5.74) is 5.27. The van der Waals surface area contributed by atoms with Gasteiger partial charge in [0.15, 0.2) is 0 Å². The molecule has 2 N–H and O–H groups in total. The Morgan fingerprint density at radius 2 is 1.91 bits per heavy atom. The Kier molecular flexibility index (Phi) is 7.34. The van der Waals surface area contributed by atoms with Crippen LogP contribution >= 0.6 is 0 Å². The van der Waals surface area contributed by atoms with Crippen molar-refractivity contribution in [3.63, 3.8) is 0 Å². The molecule has 2 fully saturated rings. The van der Waals surface area contributed by atoms with Gasteiger partial charge in [-0.2, -0.15) is 0 Å². The lowest BCUT2D eigenvalue weighted by atomic mass is 9.71. The van der Waals surface area contributed by atoms with Gasteiger partial charge in [0, 0.05) is 30.4 Å². The van der Waals surface area contributed by atoms with Gasteiger partial charge in [0.25, 0.3) is 0 Å². The zero-order valence-electron chi connectivity index (χ0n) is 21.8. The van der Waals surface area contributed by atoms with Crippen LogP contribution in [0.5, 0.6) is 0 Å². The molecule has 1 amide bonds. The molecule has 1 unspecified atom stereocenters. The van der Waals surface area contributed by atoms with Crippen molar-refractivity contribution in [2.24, 2.45) is 11.3 Å². The molecule has 1 aromatic carbocycles. The first kappa shape index (κ1) is 25.4. The van der Waals surface area contributed by atoms with Crippen molar-refractivity contribution in [3.8, 4) is 0 Å². The number of nitrogens with one attached hydrogen (secondary N) is 1. The van der Waals surface area contributed by atoms with Gasteiger partial charge in [-0.1, -0.05) is 43.7 Å². The van der Waals surface area contributed by atoms with Crippen LogP contribution < -0.4 is 5.32 Å². The number of carboxylic acids is 1. The van der Waals surface area contributed by atoms with Crippen molar-refractivity contribution in [2.75, 3.05) is 5.32 Å². The standard InChI is InChI=1S/C28H40N4O3/c1-17-6-10-23(18(2)12-17)29-24(33)15-21(9-11-25(34)35)26-27(20-7-8-20)32(31-30-26)22-13-19(14-22)16-28(3,4)5/h6,10,12,19-22H,7-9,11,13-16H2,1-5H3,(H,29,33)(H,34,35).